The molecule has 0 unspecified atom stereocenters. The van der Waals surface area contributed by atoms with Gasteiger partial charge < -0.3 is 31.5 Å². The van der Waals surface area contributed by atoms with Crippen molar-refractivity contribution in [2.24, 2.45) is 11.7 Å². The molecule has 1 aromatic heterocycles. The third-order valence-electron chi connectivity index (χ3n) is 6.92. The number of anilines is 4. The molecular weight excluding hydrogens is 432 g/mol. The number of nitrogens with zero attached hydrogens (tertiary/aromatic N) is 3. The lowest BCUT2D eigenvalue weighted by Gasteiger charge is -2.33. The minimum Gasteiger partial charge on any atom is -0.396 e. The third-order valence-corrected chi connectivity index (χ3v) is 6.92. The number of piperidine rings is 1. The van der Waals surface area contributed by atoms with E-state index in [0.717, 1.165) is 63.0 Å². The zero-order chi connectivity index (χ0) is 24.1. The van der Waals surface area contributed by atoms with Gasteiger partial charge in [0.2, 0.25) is 0 Å². The number of carbonyl (C=O) groups is 1. The molecule has 2 fully saturated rings. The first-order valence-corrected chi connectivity index (χ1v) is 12.3. The molecule has 2 aliphatic rings. The van der Waals surface area contributed by atoms with Crippen LogP contribution in [0.3, 0.4) is 0 Å². The van der Waals surface area contributed by atoms with Gasteiger partial charge in [0.25, 0.3) is 5.91 Å². The summed E-state index contributed by atoms with van der Waals surface area (Å²) >= 11 is 0. The van der Waals surface area contributed by atoms with E-state index >= 15 is 0 Å². The van der Waals surface area contributed by atoms with Gasteiger partial charge in [-0.25, -0.2) is 9.97 Å². The molecule has 2 aromatic rings. The standard InChI is InChI=1S/C25H36N6O3/c1-2-21-24(27-17-6-8-20(33)9-7-17)30-25(22(29-21)23(26)34)28-18-4-3-5-19(14-18)31-12-10-16(15-32)11-13-31/h3-5,14,16-17,20,32-33H,2,6-13,15H2,1H3,(H2,26,34)(H2,27,28,30)/t17-,20-. The number of primary amides is 1. The van der Waals surface area contributed by atoms with Crippen LogP contribution in [0.25, 0.3) is 0 Å². The Hall–Kier alpha value is -2.91. The molecule has 1 amide bonds. The zero-order valence-electron chi connectivity index (χ0n) is 19.8. The third kappa shape index (κ3) is 5.77. The predicted molar refractivity (Wildman–Crippen MR) is 134 cm³/mol. The van der Waals surface area contributed by atoms with E-state index in [9.17, 15) is 15.0 Å². The van der Waals surface area contributed by atoms with Crippen molar-refractivity contribution in [1.82, 2.24) is 9.97 Å². The van der Waals surface area contributed by atoms with Gasteiger partial charge in [-0.3, -0.25) is 4.79 Å². The first-order chi connectivity index (χ1) is 16.5. The molecule has 6 N–H and O–H groups in total. The van der Waals surface area contributed by atoms with E-state index in [-0.39, 0.29) is 24.4 Å². The van der Waals surface area contributed by atoms with Gasteiger partial charge in [-0.1, -0.05) is 13.0 Å². The van der Waals surface area contributed by atoms with Crippen LogP contribution in [0, 0.1) is 5.92 Å². The van der Waals surface area contributed by atoms with Gasteiger partial charge in [-0.05, 0) is 69.1 Å². The number of aliphatic hydroxyl groups is 2. The number of rotatable bonds is 8. The lowest BCUT2D eigenvalue weighted by molar-refractivity contribution is 0.0996. The molecule has 9 nitrogen and oxygen atoms in total. The lowest BCUT2D eigenvalue weighted by Crippen LogP contribution is -2.34. The van der Waals surface area contributed by atoms with Crippen LogP contribution in [-0.2, 0) is 6.42 Å². The molecule has 1 aliphatic heterocycles. The molecule has 34 heavy (non-hydrogen) atoms. The molecule has 0 atom stereocenters. The Balaban J connectivity index is 1.56. The maximum absolute atomic E-state index is 12.2. The van der Waals surface area contributed by atoms with Crippen molar-refractivity contribution in [3.63, 3.8) is 0 Å². The molecule has 2 heterocycles. The molecule has 1 aromatic carbocycles. The van der Waals surface area contributed by atoms with E-state index in [2.05, 4.69) is 26.6 Å². The van der Waals surface area contributed by atoms with Crippen molar-refractivity contribution in [1.29, 1.82) is 0 Å². The van der Waals surface area contributed by atoms with Crippen LogP contribution in [0.5, 0.6) is 0 Å². The Morgan fingerprint density at radius 1 is 1.12 bits per heavy atom. The fraction of sp³-hybridized carbons (Fsp3) is 0.560. The molecule has 0 spiro atoms. The van der Waals surface area contributed by atoms with Crippen LogP contribution in [0.4, 0.5) is 23.0 Å². The first kappa shape index (κ1) is 24.2. The number of hydrogen-bond donors (Lipinski definition) is 5. The van der Waals surface area contributed by atoms with E-state index in [0.29, 0.717) is 29.7 Å². The average Bonchev–Trinajstić information content (AvgIpc) is 2.85. The van der Waals surface area contributed by atoms with E-state index in [1.165, 1.54) is 0 Å². The predicted octanol–water partition coefficient (Wildman–Crippen LogP) is 2.81. The number of carbonyl (C=O) groups excluding carboxylic acids is 1. The van der Waals surface area contributed by atoms with Crippen molar-refractivity contribution < 1.29 is 15.0 Å². The molecule has 4 rings (SSSR count). The summed E-state index contributed by atoms with van der Waals surface area (Å²) in [4.78, 5) is 23.8. The molecule has 184 valence electrons. The highest BCUT2D eigenvalue weighted by Gasteiger charge is 2.23. The summed E-state index contributed by atoms with van der Waals surface area (Å²) in [6.07, 6.45) is 5.58. The SMILES string of the molecule is CCc1nc(C(N)=O)c(Nc2cccc(N3CCC(CO)CC3)c2)nc1N[C@H]1CC[C@H](O)CC1. The van der Waals surface area contributed by atoms with Gasteiger partial charge in [0.15, 0.2) is 11.5 Å². The largest absolute Gasteiger partial charge is 0.396 e. The number of hydrogen-bond acceptors (Lipinski definition) is 8. The van der Waals surface area contributed by atoms with Gasteiger partial charge in [0.1, 0.15) is 5.82 Å². The van der Waals surface area contributed by atoms with Crippen LogP contribution in [0.15, 0.2) is 24.3 Å². The lowest BCUT2D eigenvalue weighted by atomic mass is 9.93. The fourth-order valence-corrected chi connectivity index (χ4v) is 4.80. The van der Waals surface area contributed by atoms with Crippen LogP contribution in [-0.4, -0.2) is 57.9 Å². The molecule has 0 radical (unpaired) electrons. The van der Waals surface area contributed by atoms with Crippen LogP contribution < -0.4 is 21.3 Å². The number of nitrogens with two attached hydrogens (primary N) is 1. The Morgan fingerprint density at radius 2 is 1.85 bits per heavy atom. The maximum Gasteiger partial charge on any atom is 0.271 e. The summed E-state index contributed by atoms with van der Waals surface area (Å²) in [5.41, 5.74) is 8.36. The Bertz CT molecular complexity index is 985. The summed E-state index contributed by atoms with van der Waals surface area (Å²) in [5, 5.41) is 26.0. The Morgan fingerprint density at radius 3 is 2.50 bits per heavy atom. The smallest absolute Gasteiger partial charge is 0.271 e. The van der Waals surface area contributed by atoms with Crippen molar-refractivity contribution >= 4 is 28.9 Å². The number of benzene rings is 1. The van der Waals surface area contributed by atoms with E-state index < -0.39 is 5.91 Å². The van der Waals surface area contributed by atoms with E-state index in [1.807, 2.05) is 25.1 Å². The van der Waals surface area contributed by atoms with Crippen LogP contribution in [0.1, 0.15) is 61.6 Å². The molecular formula is C25H36N6O3. The fourth-order valence-electron chi connectivity index (χ4n) is 4.80. The summed E-state index contributed by atoms with van der Waals surface area (Å²) in [6.45, 7) is 4.02. The Labute approximate surface area is 200 Å². The number of aliphatic hydroxyl groups excluding tert-OH is 2. The normalized spacial score (nSPS) is 21.3. The number of aryl methyl sites for hydroxylation is 1. The van der Waals surface area contributed by atoms with Gasteiger partial charge >= 0.3 is 0 Å². The van der Waals surface area contributed by atoms with Crippen LogP contribution in [0.2, 0.25) is 0 Å². The molecule has 9 heteroatoms. The maximum atomic E-state index is 12.2. The van der Waals surface area contributed by atoms with Gasteiger partial charge in [0, 0.05) is 37.1 Å². The average molecular weight is 469 g/mol. The monoisotopic (exact) mass is 468 g/mol. The first-order valence-electron chi connectivity index (χ1n) is 12.3. The second-order valence-electron chi connectivity index (χ2n) is 9.37. The second kappa shape index (κ2) is 11.0. The molecule has 1 saturated carbocycles. The topological polar surface area (TPSA) is 137 Å². The summed E-state index contributed by atoms with van der Waals surface area (Å²) in [5.74, 6) is 0.735. The van der Waals surface area contributed by atoms with Crippen molar-refractivity contribution in [3.05, 3.63) is 35.7 Å². The zero-order valence-corrected chi connectivity index (χ0v) is 19.8. The highest BCUT2D eigenvalue weighted by Crippen LogP contribution is 2.29. The number of aromatic nitrogens is 2. The van der Waals surface area contributed by atoms with Gasteiger partial charge in [-0.2, -0.15) is 0 Å². The molecule has 1 saturated heterocycles. The van der Waals surface area contributed by atoms with Crippen molar-refractivity contribution in [2.45, 2.75) is 64.0 Å². The quantitative estimate of drug-likeness (QED) is 0.399. The summed E-state index contributed by atoms with van der Waals surface area (Å²) < 4.78 is 0. The summed E-state index contributed by atoms with van der Waals surface area (Å²) in [6, 6.07) is 8.21. The van der Waals surface area contributed by atoms with Gasteiger partial charge in [-0.15, -0.1) is 0 Å². The van der Waals surface area contributed by atoms with Gasteiger partial charge in [0.05, 0.1) is 11.8 Å². The van der Waals surface area contributed by atoms with Crippen LogP contribution >= 0.6 is 0 Å². The minimum atomic E-state index is -0.626. The second-order valence-corrected chi connectivity index (χ2v) is 9.37. The highest BCUT2D eigenvalue weighted by atomic mass is 16.3. The highest BCUT2D eigenvalue weighted by molar-refractivity contribution is 5.96. The van der Waals surface area contributed by atoms with E-state index in [4.69, 9.17) is 10.7 Å². The van der Waals surface area contributed by atoms with Crippen molar-refractivity contribution in [3.8, 4) is 0 Å². The number of amides is 1. The molecule has 0 bridgehead atoms. The minimum absolute atomic E-state index is 0.121. The summed E-state index contributed by atoms with van der Waals surface area (Å²) in [7, 11) is 0. The Kier molecular flexibility index (Phi) is 7.84. The molecule has 1 aliphatic carbocycles. The number of nitrogens with one attached hydrogen (secondary N) is 2. The van der Waals surface area contributed by atoms with E-state index in [1.54, 1.807) is 0 Å². The van der Waals surface area contributed by atoms with Crippen molar-refractivity contribution in [2.75, 3.05) is 35.2 Å².